The predicted octanol–water partition coefficient (Wildman–Crippen LogP) is 2.12. The normalized spacial score (nSPS) is 11.6. The smallest absolute Gasteiger partial charge is 0.335 e. The molecule has 0 saturated heterocycles. The quantitative estimate of drug-likeness (QED) is 0.871. The van der Waals surface area contributed by atoms with Crippen LogP contribution in [0.3, 0.4) is 0 Å². The van der Waals surface area contributed by atoms with Crippen LogP contribution in [0.25, 0.3) is 0 Å². The van der Waals surface area contributed by atoms with Crippen molar-refractivity contribution in [3.63, 3.8) is 0 Å². The lowest BCUT2D eigenvalue weighted by molar-refractivity contribution is 0.0696. The summed E-state index contributed by atoms with van der Waals surface area (Å²) in [5, 5.41) is 12.6. The maximum Gasteiger partial charge on any atom is 0.335 e. The molecule has 2 rings (SSSR count). The fraction of sp³-hybridized carbons (Fsp3) is 0.250. The summed E-state index contributed by atoms with van der Waals surface area (Å²) in [7, 11) is -3.80. The highest BCUT2D eigenvalue weighted by atomic mass is 79.9. The number of carboxylic acids is 1. The van der Waals surface area contributed by atoms with Crippen LogP contribution in [0, 0.1) is 13.8 Å². The summed E-state index contributed by atoms with van der Waals surface area (Å²) in [5.41, 5.74) is 0.309. The van der Waals surface area contributed by atoms with Gasteiger partial charge in [-0.05, 0) is 31.5 Å². The van der Waals surface area contributed by atoms with E-state index in [1.807, 2.05) is 0 Å². The van der Waals surface area contributed by atoms with Crippen molar-refractivity contribution in [3.8, 4) is 0 Å². The largest absolute Gasteiger partial charge is 0.478 e. The first kappa shape index (κ1) is 15.6. The Bertz CT molecular complexity index is 813. The molecule has 21 heavy (non-hydrogen) atoms. The van der Waals surface area contributed by atoms with Crippen molar-refractivity contribution in [1.82, 2.24) is 10.1 Å². The summed E-state index contributed by atoms with van der Waals surface area (Å²) in [6, 6.07) is 2.48. The molecule has 0 aliphatic carbocycles. The molecule has 0 saturated carbocycles. The van der Waals surface area contributed by atoms with E-state index in [-0.39, 0.29) is 16.3 Å². The molecule has 9 heteroatoms. The van der Waals surface area contributed by atoms with E-state index in [0.29, 0.717) is 15.9 Å². The van der Waals surface area contributed by atoms with E-state index in [4.69, 9.17) is 9.63 Å². The maximum atomic E-state index is 12.4. The van der Waals surface area contributed by atoms with Gasteiger partial charge in [0, 0.05) is 4.47 Å². The van der Waals surface area contributed by atoms with Crippen molar-refractivity contribution in [2.75, 3.05) is 0 Å². The lowest BCUT2D eigenvalue weighted by Crippen LogP contribution is -2.10. The Kier molecular flexibility index (Phi) is 4.15. The summed E-state index contributed by atoms with van der Waals surface area (Å²) in [6.45, 7) is 3.16. The van der Waals surface area contributed by atoms with Gasteiger partial charge in [0.15, 0.2) is 15.7 Å². The molecule has 1 aromatic heterocycles. The van der Waals surface area contributed by atoms with E-state index in [1.54, 1.807) is 13.8 Å². The number of sulfone groups is 1. The Morgan fingerprint density at radius 1 is 1.38 bits per heavy atom. The average molecular weight is 375 g/mol. The van der Waals surface area contributed by atoms with Crippen LogP contribution in [0.15, 0.2) is 26.0 Å². The predicted molar refractivity (Wildman–Crippen MR) is 75.8 cm³/mol. The topological polar surface area (TPSA) is 110 Å². The van der Waals surface area contributed by atoms with Gasteiger partial charge in [-0.25, -0.2) is 13.2 Å². The molecule has 0 amide bonds. The van der Waals surface area contributed by atoms with E-state index in [9.17, 15) is 13.2 Å². The third-order valence-electron chi connectivity index (χ3n) is 2.76. The van der Waals surface area contributed by atoms with E-state index >= 15 is 0 Å². The second-order valence-corrected chi connectivity index (χ2v) is 7.19. The molecular formula is C12H11BrN2O5S. The molecule has 0 unspecified atom stereocenters. The van der Waals surface area contributed by atoms with Gasteiger partial charge in [-0.2, -0.15) is 4.98 Å². The number of rotatable bonds is 4. The number of carboxylic acid groups (broad SMARTS) is 1. The first-order valence-corrected chi connectivity index (χ1v) is 8.20. The third kappa shape index (κ3) is 3.30. The number of benzene rings is 1. The second-order valence-electron chi connectivity index (χ2n) is 4.38. The average Bonchev–Trinajstić information content (AvgIpc) is 2.76. The van der Waals surface area contributed by atoms with E-state index < -0.39 is 21.6 Å². The summed E-state index contributed by atoms with van der Waals surface area (Å²) >= 11 is 3.17. The molecule has 0 bridgehead atoms. The molecule has 0 aliphatic heterocycles. The van der Waals surface area contributed by atoms with Crippen LogP contribution in [-0.2, 0) is 15.6 Å². The van der Waals surface area contributed by atoms with Gasteiger partial charge in [0.05, 0.1) is 10.5 Å². The number of carbonyl (C=O) groups is 1. The Morgan fingerprint density at radius 2 is 2.05 bits per heavy atom. The number of hydrogen-bond acceptors (Lipinski definition) is 6. The highest BCUT2D eigenvalue weighted by Crippen LogP contribution is 2.28. The van der Waals surface area contributed by atoms with Crippen molar-refractivity contribution in [2.24, 2.45) is 0 Å². The van der Waals surface area contributed by atoms with Crippen molar-refractivity contribution < 1.29 is 22.8 Å². The molecule has 0 fully saturated rings. The minimum atomic E-state index is -3.80. The summed E-state index contributed by atoms with van der Waals surface area (Å²) < 4.78 is 30.0. The summed E-state index contributed by atoms with van der Waals surface area (Å²) in [6.07, 6.45) is 0. The summed E-state index contributed by atoms with van der Waals surface area (Å²) in [4.78, 5) is 14.8. The maximum absolute atomic E-state index is 12.4. The zero-order chi connectivity index (χ0) is 15.8. The van der Waals surface area contributed by atoms with Gasteiger partial charge in [-0.1, -0.05) is 21.1 Å². The fourth-order valence-electron chi connectivity index (χ4n) is 1.74. The van der Waals surface area contributed by atoms with Crippen molar-refractivity contribution in [3.05, 3.63) is 39.4 Å². The highest BCUT2D eigenvalue weighted by molar-refractivity contribution is 9.10. The van der Waals surface area contributed by atoms with Gasteiger partial charge < -0.3 is 9.63 Å². The van der Waals surface area contributed by atoms with Gasteiger partial charge in [-0.15, -0.1) is 0 Å². The molecular weight excluding hydrogens is 364 g/mol. The van der Waals surface area contributed by atoms with Gasteiger partial charge >= 0.3 is 5.97 Å². The number of aromatic carboxylic acids is 1. The molecule has 1 heterocycles. The van der Waals surface area contributed by atoms with Gasteiger partial charge in [0.2, 0.25) is 5.89 Å². The Balaban J connectivity index is 2.51. The highest BCUT2D eigenvalue weighted by Gasteiger charge is 2.24. The zero-order valence-corrected chi connectivity index (χ0v) is 13.5. The van der Waals surface area contributed by atoms with Gasteiger partial charge in [0.25, 0.3) is 0 Å². The van der Waals surface area contributed by atoms with Crippen molar-refractivity contribution in [1.29, 1.82) is 0 Å². The van der Waals surface area contributed by atoms with Crippen LogP contribution >= 0.6 is 15.9 Å². The molecule has 0 aliphatic rings. The van der Waals surface area contributed by atoms with Gasteiger partial charge in [-0.3, -0.25) is 0 Å². The second kappa shape index (κ2) is 5.57. The third-order valence-corrected chi connectivity index (χ3v) is 5.31. The SMILES string of the molecule is Cc1noc(CS(=O)(=O)c2cc(C(=O)O)cc(Br)c2C)n1. The number of hydrogen-bond donors (Lipinski definition) is 1. The van der Waals surface area contributed by atoms with Crippen LogP contribution in [-0.4, -0.2) is 29.6 Å². The van der Waals surface area contributed by atoms with Gasteiger partial charge in [0.1, 0.15) is 5.75 Å². The lowest BCUT2D eigenvalue weighted by Gasteiger charge is -2.09. The standard InChI is InChI=1S/C12H11BrN2O5S/c1-6-9(13)3-8(12(16)17)4-10(6)21(18,19)5-11-14-7(2)15-20-11/h3-4H,5H2,1-2H3,(H,16,17). The van der Waals surface area contributed by atoms with Crippen LogP contribution in [0.4, 0.5) is 0 Å². The minimum absolute atomic E-state index is 0.0382. The van der Waals surface area contributed by atoms with Crippen molar-refractivity contribution >= 4 is 31.7 Å². The first-order chi connectivity index (χ1) is 9.70. The summed E-state index contributed by atoms with van der Waals surface area (Å²) in [5.74, 6) is -1.40. The van der Waals surface area contributed by atoms with Crippen molar-refractivity contribution in [2.45, 2.75) is 24.5 Å². The number of nitrogens with zero attached hydrogens (tertiary/aromatic N) is 2. The number of aryl methyl sites for hydroxylation is 1. The molecule has 1 N–H and O–H groups in total. The van der Waals surface area contributed by atoms with E-state index in [0.717, 1.165) is 6.07 Å². The molecule has 2 aromatic rings. The molecule has 0 atom stereocenters. The monoisotopic (exact) mass is 374 g/mol. The fourth-order valence-corrected chi connectivity index (χ4v) is 3.81. The molecule has 1 aromatic carbocycles. The van der Waals surface area contributed by atoms with Crippen LogP contribution in [0.5, 0.6) is 0 Å². The molecule has 0 spiro atoms. The zero-order valence-electron chi connectivity index (χ0n) is 11.1. The molecule has 0 radical (unpaired) electrons. The lowest BCUT2D eigenvalue weighted by atomic mass is 10.1. The Morgan fingerprint density at radius 3 is 2.57 bits per heavy atom. The number of halogens is 1. The van der Waals surface area contributed by atoms with E-state index in [2.05, 4.69) is 26.1 Å². The minimum Gasteiger partial charge on any atom is -0.478 e. The first-order valence-electron chi connectivity index (χ1n) is 5.76. The van der Waals surface area contributed by atoms with Crippen LogP contribution in [0.2, 0.25) is 0 Å². The van der Waals surface area contributed by atoms with E-state index in [1.165, 1.54) is 6.07 Å². The van der Waals surface area contributed by atoms with Crippen LogP contribution < -0.4 is 0 Å². The van der Waals surface area contributed by atoms with Crippen LogP contribution in [0.1, 0.15) is 27.6 Å². The number of aromatic nitrogens is 2. The molecule has 112 valence electrons. The Labute approximate surface area is 129 Å². The molecule has 7 nitrogen and oxygen atoms in total. The Hall–Kier alpha value is -1.74.